The van der Waals surface area contributed by atoms with Crippen molar-refractivity contribution in [1.29, 1.82) is 0 Å². The predicted molar refractivity (Wildman–Crippen MR) is 114 cm³/mol. The fraction of sp³-hybridized carbons (Fsp3) is 0.238. The number of rotatable bonds is 7. The molecule has 0 saturated carbocycles. The van der Waals surface area contributed by atoms with E-state index in [9.17, 15) is 4.79 Å². The van der Waals surface area contributed by atoms with Crippen molar-refractivity contribution in [2.45, 2.75) is 18.5 Å². The minimum atomic E-state index is -0.0201. The summed E-state index contributed by atoms with van der Waals surface area (Å²) in [5.41, 5.74) is 2.48. The van der Waals surface area contributed by atoms with Crippen LogP contribution in [0.1, 0.15) is 13.3 Å². The fourth-order valence-electron chi connectivity index (χ4n) is 3.03. The third-order valence-electron chi connectivity index (χ3n) is 4.47. The number of carbonyl (C=O) groups is 1. The summed E-state index contributed by atoms with van der Waals surface area (Å²) in [7, 11) is 1.64. The maximum Gasteiger partial charge on any atom is 0.230 e. The highest BCUT2D eigenvalue weighted by molar-refractivity contribution is 7.99. The van der Waals surface area contributed by atoms with E-state index >= 15 is 0 Å². The Morgan fingerprint density at radius 3 is 2.69 bits per heavy atom. The number of fused-ring (bicyclic) bond motifs is 3. The first-order chi connectivity index (χ1) is 14.2. The molecule has 4 rings (SSSR count). The van der Waals surface area contributed by atoms with Gasteiger partial charge in [-0.3, -0.25) is 9.20 Å². The van der Waals surface area contributed by atoms with Gasteiger partial charge in [-0.25, -0.2) is 4.98 Å². The van der Waals surface area contributed by atoms with Gasteiger partial charge in [-0.2, -0.15) is 0 Å². The molecule has 0 spiro atoms. The summed E-state index contributed by atoms with van der Waals surface area (Å²) >= 11 is 1.35. The van der Waals surface area contributed by atoms with Crippen LogP contribution < -0.4 is 10.1 Å². The standard InChI is InChI=1S/C21H21N5O2S/c1-3-12-22-18(27)13-29-21-25-24-20-16-6-4-5-7-17(16)23-19(26(20)21)14-8-10-15(28-2)11-9-14/h4-11H,3,12-13H2,1-2H3,(H,22,27). The predicted octanol–water partition coefficient (Wildman–Crippen LogP) is 3.57. The molecule has 1 N–H and O–H groups in total. The van der Waals surface area contributed by atoms with Gasteiger partial charge < -0.3 is 10.1 Å². The third kappa shape index (κ3) is 3.88. The summed E-state index contributed by atoms with van der Waals surface area (Å²) in [4.78, 5) is 16.9. The lowest BCUT2D eigenvalue weighted by molar-refractivity contribution is -0.118. The van der Waals surface area contributed by atoms with Crippen molar-refractivity contribution >= 4 is 34.2 Å². The topological polar surface area (TPSA) is 81.4 Å². The second-order valence-electron chi connectivity index (χ2n) is 6.46. The van der Waals surface area contributed by atoms with Gasteiger partial charge in [0.25, 0.3) is 0 Å². The number of nitrogens with one attached hydrogen (secondary N) is 1. The van der Waals surface area contributed by atoms with E-state index in [0.29, 0.717) is 11.7 Å². The van der Waals surface area contributed by atoms with Crippen LogP contribution in [0.5, 0.6) is 5.75 Å². The molecule has 29 heavy (non-hydrogen) atoms. The van der Waals surface area contributed by atoms with Crippen LogP contribution in [0.15, 0.2) is 53.7 Å². The van der Waals surface area contributed by atoms with E-state index in [-0.39, 0.29) is 11.7 Å². The zero-order valence-electron chi connectivity index (χ0n) is 16.3. The van der Waals surface area contributed by atoms with E-state index in [1.165, 1.54) is 11.8 Å². The van der Waals surface area contributed by atoms with Gasteiger partial charge in [0.2, 0.25) is 5.91 Å². The van der Waals surface area contributed by atoms with Gasteiger partial charge in [0.05, 0.1) is 18.4 Å². The number of ether oxygens (including phenoxy) is 1. The summed E-state index contributed by atoms with van der Waals surface area (Å²) in [6.07, 6.45) is 0.905. The maximum atomic E-state index is 12.1. The Labute approximate surface area is 172 Å². The van der Waals surface area contributed by atoms with Crippen LogP contribution in [0.2, 0.25) is 0 Å². The molecule has 0 unspecified atom stereocenters. The van der Waals surface area contributed by atoms with Crippen LogP contribution in [0.25, 0.3) is 27.9 Å². The summed E-state index contributed by atoms with van der Waals surface area (Å²) in [6.45, 7) is 2.70. The molecule has 0 aliphatic heterocycles. The second kappa shape index (κ2) is 8.48. The lowest BCUT2D eigenvalue weighted by Crippen LogP contribution is -2.25. The summed E-state index contributed by atoms with van der Waals surface area (Å²) in [5, 5.41) is 13.2. The number of hydrogen-bond donors (Lipinski definition) is 1. The third-order valence-corrected chi connectivity index (χ3v) is 5.40. The van der Waals surface area contributed by atoms with Gasteiger partial charge in [0, 0.05) is 17.5 Å². The Kier molecular flexibility index (Phi) is 5.62. The fourth-order valence-corrected chi connectivity index (χ4v) is 3.80. The van der Waals surface area contributed by atoms with E-state index in [0.717, 1.165) is 40.1 Å². The highest BCUT2D eigenvalue weighted by atomic mass is 32.2. The molecule has 1 amide bonds. The van der Waals surface area contributed by atoms with Crippen molar-refractivity contribution in [3.8, 4) is 17.1 Å². The molecule has 0 fully saturated rings. The first-order valence-electron chi connectivity index (χ1n) is 9.39. The van der Waals surface area contributed by atoms with Crippen molar-refractivity contribution in [1.82, 2.24) is 24.9 Å². The molecule has 0 aliphatic carbocycles. The van der Waals surface area contributed by atoms with Crippen LogP contribution in [0.3, 0.4) is 0 Å². The number of methoxy groups -OCH3 is 1. The smallest absolute Gasteiger partial charge is 0.230 e. The first-order valence-corrected chi connectivity index (χ1v) is 10.4. The lowest BCUT2D eigenvalue weighted by Gasteiger charge is -2.10. The molecule has 2 heterocycles. The minimum absolute atomic E-state index is 0.0201. The van der Waals surface area contributed by atoms with Crippen LogP contribution in [0, 0.1) is 0 Å². The minimum Gasteiger partial charge on any atom is -0.497 e. The Morgan fingerprint density at radius 1 is 1.14 bits per heavy atom. The monoisotopic (exact) mass is 407 g/mol. The van der Waals surface area contributed by atoms with Crippen molar-refractivity contribution in [2.24, 2.45) is 0 Å². The summed E-state index contributed by atoms with van der Waals surface area (Å²) < 4.78 is 7.19. The number of amides is 1. The van der Waals surface area contributed by atoms with Crippen molar-refractivity contribution in [3.63, 3.8) is 0 Å². The number of thioether (sulfide) groups is 1. The Bertz CT molecular complexity index is 1160. The van der Waals surface area contributed by atoms with Crippen LogP contribution in [-0.2, 0) is 4.79 Å². The molecule has 0 atom stereocenters. The van der Waals surface area contributed by atoms with Crippen LogP contribution >= 0.6 is 11.8 Å². The summed E-state index contributed by atoms with van der Waals surface area (Å²) in [5.74, 6) is 1.75. The van der Waals surface area contributed by atoms with Gasteiger partial charge in [0.15, 0.2) is 10.8 Å². The van der Waals surface area contributed by atoms with Gasteiger partial charge in [-0.05, 0) is 42.8 Å². The molecule has 8 heteroatoms. The van der Waals surface area contributed by atoms with Crippen LogP contribution in [0.4, 0.5) is 0 Å². The van der Waals surface area contributed by atoms with Gasteiger partial charge in [0.1, 0.15) is 11.6 Å². The zero-order chi connectivity index (χ0) is 20.2. The highest BCUT2D eigenvalue weighted by Crippen LogP contribution is 2.29. The first kappa shape index (κ1) is 19.2. The van der Waals surface area contributed by atoms with Crippen molar-refractivity contribution < 1.29 is 9.53 Å². The molecule has 0 aliphatic rings. The van der Waals surface area contributed by atoms with Crippen molar-refractivity contribution in [3.05, 3.63) is 48.5 Å². The summed E-state index contributed by atoms with van der Waals surface area (Å²) in [6, 6.07) is 15.6. The average molecular weight is 407 g/mol. The molecule has 7 nitrogen and oxygen atoms in total. The molecule has 0 bridgehead atoms. The molecule has 2 aromatic heterocycles. The maximum absolute atomic E-state index is 12.1. The number of hydrogen-bond acceptors (Lipinski definition) is 6. The van der Waals surface area contributed by atoms with Gasteiger partial charge in [-0.1, -0.05) is 30.8 Å². The molecule has 148 valence electrons. The molecular weight excluding hydrogens is 386 g/mol. The van der Waals surface area contributed by atoms with E-state index in [1.807, 2.05) is 59.9 Å². The quantitative estimate of drug-likeness (QED) is 0.472. The van der Waals surface area contributed by atoms with E-state index in [1.54, 1.807) is 7.11 Å². The van der Waals surface area contributed by atoms with E-state index < -0.39 is 0 Å². The van der Waals surface area contributed by atoms with E-state index in [2.05, 4.69) is 15.5 Å². The number of carbonyl (C=O) groups excluding carboxylic acids is 1. The average Bonchev–Trinajstić information content (AvgIpc) is 3.20. The van der Waals surface area contributed by atoms with Crippen LogP contribution in [-0.4, -0.2) is 44.9 Å². The zero-order valence-corrected chi connectivity index (χ0v) is 17.1. The molecule has 0 saturated heterocycles. The second-order valence-corrected chi connectivity index (χ2v) is 7.40. The Balaban J connectivity index is 1.80. The van der Waals surface area contributed by atoms with E-state index in [4.69, 9.17) is 9.72 Å². The largest absolute Gasteiger partial charge is 0.497 e. The van der Waals surface area contributed by atoms with Crippen molar-refractivity contribution in [2.75, 3.05) is 19.4 Å². The number of aromatic nitrogens is 4. The molecule has 2 aromatic carbocycles. The van der Waals surface area contributed by atoms with Gasteiger partial charge in [-0.15, -0.1) is 10.2 Å². The Hall–Kier alpha value is -3.13. The SMILES string of the molecule is CCCNC(=O)CSc1nnc2c3ccccc3nc(-c3ccc(OC)cc3)n12. The number of para-hydroxylation sites is 1. The normalized spacial score (nSPS) is 11.1. The number of nitrogens with zero attached hydrogens (tertiary/aromatic N) is 4. The Morgan fingerprint density at radius 2 is 1.93 bits per heavy atom. The number of benzene rings is 2. The molecule has 0 radical (unpaired) electrons. The van der Waals surface area contributed by atoms with Gasteiger partial charge >= 0.3 is 0 Å². The highest BCUT2D eigenvalue weighted by Gasteiger charge is 2.17. The lowest BCUT2D eigenvalue weighted by atomic mass is 10.1. The molecular formula is C21H21N5O2S. The molecule has 4 aromatic rings.